The summed E-state index contributed by atoms with van der Waals surface area (Å²) in [5, 5.41) is 3.18. The third kappa shape index (κ3) is 1.92. The van der Waals surface area contributed by atoms with E-state index in [0.29, 0.717) is 22.6 Å². The lowest BCUT2D eigenvalue weighted by Gasteiger charge is -2.15. The van der Waals surface area contributed by atoms with E-state index in [1.165, 1.54) is 38.5 Å². The van der Waals surface area contributed by atoms with Crippen LogP contribution in [-0.2, 0) is 4.79 Å². The zero-order chi connectivity index (χ0) is 11.1. The van der Waals surface area contributed by atoms with E-state index in [1.54, 1.807) is 0 Å². The fourth-order valence-electron chi connectivity index (χ4n) is 3.78. The maximum absolute atomic E-state index is 12.0. The van der Waals surface area contributed by atoms with Gasteiger partial charge in [-0.3, -0.25) is 4.79 Å². The van der Waals surface area contributed by atoms with E-state index >= 15 is 0 Å². The van der Waals surface area contributed by atoms with Gasteiger partial charge in [0, 0.05) is 17.3 Å². The van der Waals surface area contributed by atoms with Crippen LogP contribution in [0.4, 0.5) is 0 Å². The molecule has 16 heavy (non-hydrogen) atoms. The fraction of sp³-hybridized carbons (Fsp3) is 0.923. The molecule has 0 heterocycles. The van der Waals surface area contributed by atoms with Crippen molar-refractivity contribution in [3.05, 3.63) is 0 Å². The molecule has 90 valence electrons. The molecule has 0 saturated heterocycles. The molecular formula is C13H20BrNO. The smallest absolute Gasteiger partial charge is 0.223 e. The summed E-state index contributed by atoms with van der Waals surface area (Å²) in [5.41, 5.74) is 0. The van der Waals surface area contributed by atoms with Crippen LogP contribution < -0.4 is 5.32 Å². The number of rotatable bonds is 3. The van der Waals surface area contributed by atoms with Crippen LogP contribution in [0, 0.1) is 23.7 Å². The van der Waals surface area contributed by atoms with Gasteiger partial charge in [-0.2, -0.15) is 0 Å². The first kappa shape index (κ1) is 11.1. The highest BCUT2D eigenvalue weighted by atomic mass is 79.9. The topological polar surface area (TPSA) is 29.1 Å². The fourth-order valence-corrected chi connectivity index (χ4v) is 4.56. The quantitative estimate of drug-likeness (QED) is 0.794. The summed E-state index contributed by atoms with van der Waals surface area (Å²) in [4.78, 5) is 12.6. The minimum atomic E-state index is 0.348. The summed E-state index contributed by atoms with van der Waals surface area (Å²) in [7, 11) is 0. The third-order valence-electron chi connectivity index (χ3n) is 4.81. The number of amides is 1. The molecule has 3 heteroatoms. The molecule has 3 aliphatic carbocycles. The maximum atomic E-state index is 12.0. The SMILES string of the molecule is O=C(NCC1CCCC1Br)C1C2CCCC21. The van der Waals surface area contributed by atoms with Crippen LogP contribution >= 0.6 is 15.9 Å². The number of halogens is 1. The molecule has 0 bridgehead atoms. The van der Waals surface area contributed by atoms with Gasteiger partial charge in [-0.05, 0) is 43.4 Å². The maximum Gasteiger partial charge on any atom is 0.223 e. The van der Waals surface area contributed by atoms with E-state index in [9.17, 15) is 4.79 Å². The van der Waals surface area contributed by atoms with Crippen molar-refractivity contribution in [1.82, 2.24) is 5.32 Å². The first-order valence-electron chi connectivity index (χ1n) is 6.69. The Balaban J connectivity index is 1.44. The van der Waals surface area contributed by atoms with Crippen molar-refractivity contribution >= 4 is 21.8 Å². The molecule has 0 aromatic carbocycles. The van der Waals surface area contributed by atoms with Crippen molar-refractivity contribution < 1.29 is 4.79 Å². The summed E-state index contributed by atoms with van der Waals surface area (Å²) in [6.45, 7) is 0.894. The highest BCUT2D eigenvalue weighted by Gasteiger charge is 2.56. The molecule has 1 N–H and O–H groups in total. The van der Waals surface area contributed by atoms with Gasteiger partial charge in [-0.25, -0.2) is 0 Å². The lowest BCUT2D eigenvalue weighted by molar-refractivity contribution is -0.123. The summed E-state index contributed by atoms with van der Waals surface area (Å²) in [6, 6.07) is 0. The van der Waals surface area contributed by atoms with Gasteiger partial charge in [0.15, 0.2) is 0 Å². The van der Waals surface area contributed by atoms with Crippen molar-refractivity contribution in [3.63, 3.8) is 0 Å². The Kier molecular flexibility index (Phi) is 2.99. The molecule has 0 aromatic rings. The summed E-state index contributed by atoms with van der Waals surface area (Å²) >= 11 is 3.70. The number of hydrogen-bond acceptors (Lipinski definition) is 1. The summed E-state index contributed by atoms with van der Waals surface area (Å²) in [6.07, 6.45) is 7.81. The summed E-state index contributed by atoms with van der Waals surface area (Å²) < 4.78 is 0. The third-order valence-corrected chi connectivity index (χ3v) is 6.02. The molecule has 3 saturated carbocycles. The molecule has 3 aliphatic rings. The highest BCUT2D eigenvalue weighted by molar-refractivity contribution is 9.09. The molecule has 2 nitrogen and oxygen atoms in total. The Labute approximate surface area is 106 Å². The lowest BCUT2D eigenvalue weighted by atomic mass is 10.1. The van der Waals surface area contributed by atoms with Gasteiger partial charge in [0.25, 0.3) is 0 Å². The second-order valence-electron chi connectivity index (χ2n) is 5.74. The molecule has 4 atom stereocenters. The number of alkyl halides is 1. The number of carbonyl (C=O) groups is 1. The van der Waals surface area contributed by atoms with Gasteiger partial charge in [-0.1, -0.05) is 28.8 Å². The van der Waals surface area contributed by atoms with E-state index in [1.807, 2.05) is 0 Å². The van der Waals surface area contributed by atoms with Gasteiger partial charge in [-0.15, -0.1) is 0 Å². The van der Waals surface area contributed by atoms with Crippen LogP contribution in [0.5, 0.6) is 0 Å². The Morgan fingerprint density at radius 1 is 1.12 bits per heavy atom. The van der Waals surface area contributed by atoms with E-state index in [0.717, 1.165) is 18.4 Å². The average molecular weight is 286 g/mol. The molecule has 0 spiro atoms. The Bertz CT molecular complexity index is 284. The van der Waals surface area contributed by atoms with Gasteiger partial charge in [0.1, 0.15) is 0 Å². The highest BCUT2D eigenvalue weighted by Crippen LogP contribution is 2.57. The van der Waals surface area contributed by atoms with Crippen molar-refractivity contribution in [3.8, 4) is 0 Å². The average Bonchev–Trinajstić information content (AvgIpc) is 2.67. The second kappa shape index (κ2) is 4.32. The van der Waals surface area contributed by atoms with Crippen LogP contribution in [-0.4, -0.2) is 17.3 Å². The largest absolute Gasteiger partial charge is 0.356 e. The molecule has 4 unspecified atom stereocenters. The van der Waals surface area contributed by atoms with Crippen LogP contribution in [0.3, 0.4) is 0 Å². The lowest BCUT2D eigenvalue weighted by Crippen LogP contribution is -2.33. The Morgan fingerprint density at radius 3 is 2.44 bits per heavy atom. The molecule has 0 radical (unpaired) electrons. The van der Waals surface area contributed by atoms with Crippen molar-refractivity contribution in [2.24, 2.45) is 23.7 Å². The molecule has 3 rings (SSSR count). The van der Waals surface area contributed by atoms with Crippen LogP contribution in [0.25, 0.3) is 0 Å². The predicted octanol–water partition coefficient (Wildman–Crippen LogP) is 2.71. The molecular weight excluding hydrogens is 266 g/mol. The Morgan fingerprint density at radius 2 is 1.81 bits per heavy atom. The normalized spacial score (nSPS) is 45.4. The number of carbonyl (C=O) groups excluding carboxylic acids is 1. The zero-order valence-corrected chi connectivity index (χ0v) is 11.2. The predicted molar refractivity (Wildman–Crippen MR) is 67.4 cm³/mol. The van der Waals surface area contributed by atoms with E-state index in [2.05, 4.69) is 21.2 Å². The number of nitrogens with one attached hydrogen (secondary N) is 1. The standard InChI is InChI=1S/C13H20BrNO/c14-11-6-1-3-8(11)7-15-13(16)12-9-4-2-5-10(9)12/h8-12H,1-7H2,(H,15,16). The second-order valence-corrected chi connectivity index (χ2v) is 6.91. The molecule has 0 aromatic heterocycles. The van der Waals surface area contributed by atoms with E-state index in [-0.39, 0.29) is 0 Å². The van der Waals surface area contributed by atoms with Crippen LogP contribution in [0.1, 0.15) is 38.5 Å². The van der Waals surface area contributed by atoms with Crippen molar-refractivity contribution in [2.75, 3.05) is 6.54 Å². The minimum Gasteiger partial charge on any atom is -0.356 e. The van der Waals surface area contributed by atoms with Gasteiger partial charge >= 0.3 is 0 Å². The molecule has 3 fully saturated rings. The van der Waals surface area contributed by atoms with Crippen molar-refractivity contribution in [2.45, 2.75) is 43.4 Å². The van der Waals surface area contributed by atoms with Gasteiger partial charge in [0.2, 0.25) is 5.91 Å². The van der Waals surface area contributed by atoms with Crippen LogP contribution in [0.2, 0.25) is 0 Å². The van der Waals surface area contributed by atoms with E-state index < -0.39 is 0 Å². The summed E-state index contributed by atoms with van der Waals surface area (Å²) in [5.74, 6) is 2.92. The first-order chi connectivity index (χ1) is 7.77. The van der Waals surface area contributed by atoms with Gasteiger partial charge < -0.3 is 5.32 Å². The zero-order valence-electron chi connectivity index (χ0n) is 9.62. The monoisotopic (exact) mass is 285 g/mol. The molecule has 1 amide bonds. The van der Waals surface area contributed by atoms with Gasteiger partial charge in [0.05, 0.1) is 0 Å². The molecule has 0 aliphatic heterocycles. The number of fused-ring (bicyclic) bond motifs is 1. The van der Waals surface area contributed by atoms with Crippen LogP contribution in [0.15, 0.2) is 0 Å². The van der Waals surface area contributed by atoms with Crippen molar-refractivity contribution in [1.29, 1.82) is 0 Å². The Hall–Kier alpha value is -0.0500. The first-order valence-corrected chi connectivity index (χ1v) is 7.60. The van der Waals surface area contributed by atoms with E-state index in [4.69, 9.17) is 0 Å². The minimum absolute atomic E-state index is 0.348. The number of hydrogen-bond donors (Lipinski definition) is 1.